The molecule has 1 aliphatic rings. The summed E-state index contributed by atoms with van der Waals surface area (Å²) in [7, 11) is 1.27. The number of benzene rings is 5. The van der Waals surface area contributed by atoms with Crippen molar-refractivity contribution in [2.75, 3.05) is 19.5 Å². The average Bonchev–Trinajstić information content (AvgIpc) is 3.55. The van der Waals surface area contributed by atoms with Gasteiger partial charge in [-0.3, -0.25) is 14.4 Å². The Morgan fingerprint density at radius 1 is 0.655 bits per heavy atom. The van der Waals surface area contributed by atoms with E-state index < -0.39 is 34.8 Å². The van der Waals surface area contributed by atoms with E-state index in [1.54, 1.807) is 0 Å². The molecule has 0 fully saturated rings. The third kappa shape index (κ3) is 8.84. The van der Waals surface area contributed by atoms with Gasteiger partial charge in [0.25, 0.3) is 0 Å². The van der Waals surface area contributed by atoms with Crippen LogP contribution in [0.15, 0.2) is 140 Å². The van der Waals surface area contributed by atoms with Crippen LogP contribution in [0.4, 0.5) is 4.79 Å². The Bertz CT molecular complexity index is 1950. The minimum absolute atomic E-state index is 0.0734. The number of carbonyl (C=O) groups excluding carboxylic acids is 4. The highest BCUT2D eigenvalue weighted by Crippen LogP contribution is 2.49. The quantitative estimate of drug-likeness (QED) is 0.0771. The van der Waals surface area contributed by atoms with Crippen LogP contribution in [0.1, 0.15) is 60.4 Å². The number of hydrogen-bond acceptors (Lipinski definition) is 7. The van der Waals surface area contributed by atoms with Crippen molar-refractivity contribution in [3.63, 3.8) is 0 Å². The van der Waals surface area contributed by atoms with Crippen molar-refractivity contribution in [2.24, 2.45) is 5.92 Å². The average molecular weight is 755 g/mol. The van der Waals surface area contributed by atoms with E-state index >= 15 is 0 Å². The number of amides is 2. The molecule has 0 aromatic heterocycles. The van der Waals surface area contributed by atoms with E-state index in [4.69, 9.17) is 9.47 Å². The normalized spacial score (nSPS) is 13.2. The molecule has 0 saturated carbocycles. The molecule has 0 heterocycles. The molecular formula is C46H46N2O6S. The van der Waals surface area contributed by atoms with Gasteiger partial charge in [0.15, 0.2) is 5.78 Å². The lowest BCUT2D eigenvalue weighted by molar-refractivity contribution is -0.142. The van der Waals surface area contributed by atoms with Crippen molar-refractivity contribution in [3.05, 3.63) is 167 Å². The van der Waals surface area contributed by atoms with E-state index in [1.165, 1.54) is 18.9 Å². The minimum atomic E-state index is -1.11. The van der Waals surface area contributed by atoms with Gasteiger partial charge in [-0.15, -0.1) is 11.8 Å². The van der Waals surface area contributed by atoms with E-state index in [0.29, 0.717) is 0 Å². The largest absolute Gasteiger partial charge is 0.469 e. The Labute approximate surface area is 327 Å². The molecule has 0 aliphatic heterocycles. The number of Topliss-reactive ketones (excluding diaryl/α,β-unsaturated/α-hetero) is 1. The molecule has 0 radical (unpaired) electrons. The number of rotatable bonds is 16. The predicted octanol–water partition coefficient (Wildman–Crippen LogP) is 8.28. The Balaban J connectivity index is 1.30. The maximum atomic E-state index is 14.4. The first-order valence-electron chi connectivity index (χ1n) is 18.5. The number of nitrogens with one attached hydrogen (secondary N) is 2. The molecule has 2 atom stereocenters. The molecule has 9 heteroatoms. The molecule has 0 saturated heterocycles. The van der Waals surface area contributed by atoms with Gasteiger partial charge in [0.05, 0.1) is 24.3 Å². The lowest BCUT2D eigenvalue weighted by atomic mass is 9.84. The van der Waals surface area contributed by atoms with Crippen LogP contribution in [-0.4, -0.2) is 55.3 Å². The van der Waals surface area contributed by atoms with Crippen LogP contribution >= 0.6 is 11.8 Å². The van der Waals surface area contributed by atoms with Gasteiger partial charge >= 0.3 is 12.1 Å². The summed E-state index contributed by atoms with van der Waals surface area (Å²) in [5.41, 5.74) is 7.35. The van der Waals surface area contributed by atoms with Crippen LogP contribution < -0.4 is 10.6 Å². The molecular weight excluding hydrogens is 709 g/mol. The summed E-state index contributed by atoms with van der Waals surface area (Å²) in [5.74, 6) is -1.67. The fourth-order valence-corrected chi connectivity index (χ4v) is 8.86. The SMILES string of the molecule is COC(=O)CCC(=O)[C@H](NC(=O)[C@@H](CSC(c1ccccc1)(c1ccccc1)c1ccccc1)NC(=O)OCC1c2ccccc2-c2ccccc21)C(C)C. The van der Waals surface area contributed by atoms with Gasteiger partial charge in [-0.05, 0) is 44.9 Å². The maximum absolute atomic E-state index is 14.4. The van der Waals surface area contributed by atoms with Crippen LogP contribution in [-0.2, 0) is 28.6 Å². The summed E-state index contributed by atoms with van der Waals surface area (Å²) in [4.78, 5) is 53.4. The fourth-order valence-electron chi connectivity index (χ4n) is 7.30. The van der Waals surface area contributed by atoms with Gasteiger partial charge in [-0.25, -0.2) is 4.79 Å². The van der Waals surface area contributed by atoms with Crippen molar-refractivity contribution in [2.45, 2.75) is 49.4 Å². The summed E-state index contributed by atoms with van der Waals surface area (Å²) in [6, 6.07) is 44.4. The molecule has 2 amide bonds. The number of alkyl carbamates (subject to hydrolysis) is 1. The van der Waals surface area contributed by atoms with Gasteiger partial charge in [0.2, 0.25) is 5.91 Å². The zero-order chi connectivity index (χ0) is 38.8. The number of carbonyl (C=O) groups is 4. The lowest BCUT2D eigenvalue weighted by Crippen LogP contribution is -2.54. The Kier molecular flexibility index (Phi) is 12.8. The highest BCUT2D eigenvalue weighted by atomic mass is 32.2. The number of esters is 1. The van der Waals surface area contributed by atoms with Crippen LogP contribution in [0.5, 0.6) is 0 Å². The van der Waals surface area contributed by atoms with Gasteiger partial charge in [0.1, 0.15) is 12.6 Å². The van der Waals surface area contributed by atoms with Crippen LogP contribution in [0.2, 0.25) is 0 Å². The van der Waals surface area contributed by atoms with Crippen LogP contribution in [0, 0.1) is 5.92 Å². The van der Waals surface area contributed by atoms with Crippen molar-refractivity contribution in [3.8, 4) is 11.1 Å². The van der Waals surface area contributed by atoms with E-state index in [-0.39, 0.29) is 42.8 Å². The fraction of sp³-hybridized carbons (Fsp3) is 0.261. The van der Waals surface area contributed by atoms with E-state index in [9.17, 15) is 19.2 Å². The molecule has 0 bridgehead atoms. The topological polar surface area (TPSA) is 111 Å². The molecule has 2 N–H and O–H groups in total. The molecule has 6 rings (SSSR count). The first-order chi connectivity index (χ1) is 26.7. The van der Waals surface area contributed by atoms with Crippen molar-refractivity contribution < 1.29 is 28.7 Å². The van der Waals surface area contributed by atoms with E-state index in [2.05, 4.69) is 59.2 Å². The number of thioether (sulfide) groups is 1. The Morgan fingerprint density at radius 3 is 1.60 bits per heavy atom. The number of methoxy groups -OCH3 is 1. The first kappa shape index (κ1) is 39.0. The predicted molar refractivity (Wildman–Crippen MR) is 217 cm³/mol. The first-order valence-corrected chi connectivity index (χ1v) is 19.5. The number of hydrogen-bond donors (Lipinski definition) is 2. The van der Waals surface area contributed by atoms with Gasteiger partial charge in [-0.2, -0.15) is 0 Å². The number of ether oxygens (including phenoxy) is 2. The maximum Gasteiger partial charge on any atom is 0.407 e. The summed E-state index contributed by atoms with van der Waals surface area (Å²) >= 11 is 1.52. The van der Waals surface area contributed by atoms with Crippen molar-refractivity contribution in [1.29, 1.82) is 0 Å². The van der Waals surface area contributed by atoms with Crippen LogP contribution in [0.25, 0.3) is 11.1 Å². The van der Waals surface area contributed by atoms with Gasteiger partial charge in [-0.1, -0.05) is 153 Å². The van der Waals surface area contributed by atoms with Crippen LogP contribution in [0.3, 0.4) is 0 Å². The second-order valence-electron chi connectivity index (χ2n) is 13.9. The van der Waals surface area contributed by atoms with Crippen molar-refractivity contribution in [1.82, 2.24) is 10.6 Å². The lowest BCUT2D eigenvalue weighted by Gasteiger charge is -2.36. The highest BCUT2D eigenvalue weighted by molar-refractivity contribution is 8.00. The monoisotopic (exact) mass is 754 g/mol. The number of ketones is 1. The third-order valence-corrected chi connectivity index (χ3v) is 11.7. The van der Waals surface area contributed by atoms with Gasteiger partial charge in [0, 0.05) is 18.1 Å². The minimum Gasteiger partial charge on any atom is -0.469 e. The molecule has 1 aliphatic carbocycles. The molecule has 5 aromatic rings. The molecule has 0 unspecified atom stereocenters. The Morgan fingerprint density at radius 2 is 1.13 bits per heavy atom. The molecule has 0 spiro atoms. The van der Waals surface area contributed by atoms with E-state index in [1.807, 2.05) is 105 Å². The van der Waals surface area contributed by atoms with Gasteiger partial charge < -0.3 is 20.1 Å². The molecule has 55 heavy (non-hydrogen) atoms. The zero-order valence-corrected chi connectivity index (χ0v) is 32.1. The standard InChI is InChI=1S/C46H46N2O6S/c1-31(2)43(41(49)27-28-42(50)53-3)48-44(51)40(47-45(52)54-29-39-37-25-15-13-23-35(37)36-24-14-16-26-38(36)39)30-55-46(32-17-7-4-8-18-32,33-19-9-5-10-20-33)34-21-11-6-12-22-34/h4-26,31,39-40,43H,27-30H2,1-3H3,(H,47,52)(H,48,51)/t40-,43-/m1/s1. The number of fused-ring (bicyclic) bond motifs is 3. The summed E-state index contributed by atoms with van der Waals surface area (Å²) < 4.78 is 9.88. The molecule has 8 nitrogen and oxygen atoms in total. The summed E-state index contributed by atoms with van der Waals surface area (Å²) in [5, 5.41) is 5.80. The molecule has 282 valence electrons. The third-order valence-electron chi connectivity index (χ3n) is 10.1. The molecule has 5 aromatic carbocycles. The second kappa shape index (κ2) is 18.1. The smallest absolute Gasteiger partial charge is 0.407 e. The van der Waals surface area contributed by atoms with E-state index in [0.717, 1.165) is 38.9 Å². The highest BCUT2D eigenvalue weighted by Gasteiger charge is 2.39. The van der Waals surface area contributed by atoms with Crippen molar-refractivity contribution >= 4 is 35.5 Å². The summed E-state index contributed by atoms with van der Waals surface area (Å²) in [6.45, 7) is 3.73. The summed E-state index contributed by atoms with van der Waals surface area (Å²) in [6.07, 6.45) is -0.932. The second-order valence-corrected chi connectivity index (χ2v) is 15.1. The Hall–Kier alpha value is -5.67. The zero-order valence-electron chi connectivity index (χ0n) is 31.3.